The second-order valence-electron chi connectivity index (χ2n) is 2.21. The standard InChI is InChI=1S/C4H7IN4/c1-4(2,5)3-6-8-9-7-3/h1-2H3,(H,6,7,8,9). The predicted molar refractivity (Wildman–Crippen MR) is 41.2 cm³/mol. The third kappa shape index (κ3) is 1.60. The van der Waals surface area contributed by atoms with Crippen LogP contribution in [-0.2, 0) is 3.42 Å². The number of halogens is 1. The van der Waals surface area contributed by atoms with E-state index in [0.717, 1.165) is 5.82 Å². The maximum Gasteiger partial charge on any atom is 0.189 e. The van der Waals surface area contributed by atoms with E-state index >= 15 is 0 Å². The van der Waals surface area contributed by atoms with Crippen LogP contribution < -0.4 is 0 Å². The molecule has 4 nitrogen and oxygen atoms in total. The van der Waals surface area contributed by atoms with Gasteiger partial charge in [0.1, 0.15) is 0 Å². The van der Waals surface area contributed by atoms with E-state index in [0.29, 0.717) is 0 Å². The van der Waals surface area contributed by atoms with Gasteiger partial charge in [0, 0.05) is 0 Å². The molecule has 0 radical (unpaired) electrons. The van der Waals surface area contributed by atoms with Gasteiger partial charge in [-0.25, -0.2) is 0 Å². The molecule has 0 aliphatic rings. The molecule has 0 amide bonds. The van der Waals surface area contributed by atoms with Gasteiger partial charge >= 0.3 is 0 Å². The van der Waals surface area contributed by atoms with Gasteiger partial charge in [-0.05, 0) is 13.8 Å². The van der Waals surface area contributed by atoms with Gasteiger partial charge in [0.25, 0.3) is 0 Å². The summed E-state index contributed by atoms with van der Waals surface area (Å²) in [6, 6.07) is 0. The predicted octanol–water partition coefficient (Wildman–Crippen LogP) is 0.870. The zero-order chi connectivity index (χ0) is 6.91. The quantitative estimate of drug-likeness (QED) is 0.583. The van der Waals surface area contributed by atoms with Gasteiger partial charge in [0.2, 0.25) is 0 Å². The Morgan fingerprint density at radius 2 is 2.22 bits per heavy atom. The molecule has 50 valence electrons. The number of tetrazole rings is 1. The molecule has 0 aromatic carbocycles. The van der Waals surface area contributed by atoms with Gasteiger partial charge in [-0.3, -0.25) is 0 Å². The van der Waals surface area contributed by atoms with Crippen molar-refractivity contribution in [1.29, 1.82) is 0 Å². The normalized spacial score (nSPS) is 11.9. The minimum absolute atomic E-state index is 0.0231. The van der Waals surface area contributed by atoms with Crippen molar-refractivity contribution in [1.82, 2.24) is 20.6 Å². The summed E-state index contributed by atoms with van der Waals surface area (Å²) in [6.45, 7) is 4.05. The maximum atomic E-state index is 3.83. The van der Waals surface area contributed by atoms with E-state index in [1.54, 1.807) is 0 Å². The van der Waals surface area contributed by atoms with E-state index in [2.05, 4.69) is 43.2 Å². The van der Waals surface area contributed by atoms with Crippen LogP contribution >= 0.6 is 22.6 Å². The topological polar surface area (TPSA) is 54.5 Å². The molecule has 0 aliphatic heterocycles. The third-order valence-electron chi connectivity index (χ3n) is 0.877. The summed E-state index contributed by atoms with van der Waals surface area (Å²) in [7, 11) is 0. The highest BCUT2D eigenvalue weighted by atomic mass is 127. The smallest absolute Gasteiger partial charge is 0.177 e. The molecule has 0 saturated carbocycles. The van der Waals surface area contributed by atoms with E-state index in [1.807, 2.05) is 13.8 Å². The van der Waals surface area contributed by atoms with Crippen LogP contribution in [0.15, 0.2) is 0 Å². The van der Waals surface area contributed by atoms with E-state index in [-0.39, 0.29) is 3.42 Å². The van der Waals surface area contributed by atoms with Crippen molar-refractivity contribution in [2.75, 3.05) is 0 Å². The minimum Gasteiger partial charge on any atom is -0.177 e. The number of nitrogens with one attached hydrogen (secondary N) is 1. The van der Waals surface area contributed by atoms with Gasteiger partial charge in [-0.2, -0.15) is 5.21 Å². The van der Waals surface area contributed by atoms with E-state index in [1.165, 1.54) is 0 Å². The van der Waals surface area contributed by atoms with E-state index in [9.17, 15) is 0 Å². The highest BCUT2D eigenvalue weighted by Gasteiger charge is 2.20. The Hall–Kier alpha value is -0.200. The number of hydrogen-bond donors (Lipinski definition) is 1. The van der Waals surface area contributed by atoms with Crippen LogP contribution in [0.4, 0.5) is 0 Å². The average molecular weight is 238 g/mol. The van der Waals surface area contributed by atoms with Crippen molar-refractivity contribution in [3.63, 3.8) is 0 Å². The first-order valence-corrected chi connectivity index (χ1v) is 3.61. The molecule has 1 N–H and O–H groups in total. The third-order valence-corrected chi connectivity index (χ3v) is 1.36. The van der Waals surface area contributed by atoms with Gasteiger partial charge in [-0.15, -0.1) is 10.2 Å². The number of rotatable bonds is 1. The van der Waals surface area contributed by atoms with Crippen molar-refractivity contribution in [2.45, 2.75) is 17.3 Å². The van der Waals surface area contributed by atoms with Gasteiger partial charge < -0.3 is 0 Å². The number of aromatic nitrogens is 4. The van der Waals surface area contributed by atoms with E-state index < -0.39 is 0 Å². The van der Waals surface area contributed by atoms with Crippen LogP contribution in [0.3, 0.4) is 0 Å². The lowest BCUT2D eigenvalue weighted by Crippen LogP contribution is -2.08. The lowest BCUT2D eigenvalue weighted by atomic mass is 10.2. The molecule has 0 bridgehead atoms. The van der Waals surface area contributed by atoms with Crippen molar-refractivity contribution < 1.29 is 0 Å². The van der Waals surface area contributed by atoms with Crippen LogP contribution in [0.2, 0.25) is 0 Å². The fraction of sp³-hybridized carbons (Fsp3) is 0.750. The van der Waals surface area contributed by atoms with Crippen LogP contribution in [0.25, 0.3) is 0 Å². The first kappa shape index (κ1) is 6.91. The molecule has 1 aromatic rings. The number of hydrogen-bond acceptors (Lipinski definition) is 3. The summed E-state index contributed by atoms with van der Waals surface area (Å²) < 4.78 is -0.0231. The monoisotopic (exact) mass is 238 g/mol. The Labute approximate surface area is 66.6 Å². The van der Waals surface area contributed by atoms with Crippen LogP contribution in [0.1, 0.15) is 19.7 Å². The summed E-state index contributed by atoms with van der Waals surface area (Å²) in [5, 5.41) is 13.5. The molecule has 0 saturated heterocycles. The van der Waals surface area contributed by atoms with Crippen LogP contribution in [-0.4, -0.2) is 20.6 Å². The minimum atomic E-state index is -0.0231. The fourth-order valence-corrected chi connectivity index (χ4v) is 0.642. The van der Waals surface area contributed by atoms with Gasteiger partial charge in [0.05, 0.1) is 3.42 Å². The molecular formula is C4H7IN4. The molecule has 9 heavy (non-hydrogen) atoms. The van der Waals surface area contributed by atoms with Crippen molar-refractivity contribution >= 4 is 22.6 Å². The Bertz CT molecular complexity index is 175. The molecule has 1 rings (SSSR count). The zero-order valence-corrected chi connectivity index (χ0v) is 7.38. The lowest BCUT2D eigenvalue weighted by molar-refractivity contribution is 0.746. The summed E-state index contributed by atoms with van der Waals surface area (Å²) in [4.78, 5) is 0. The number of alkyl halides is 1. The Balaban J connectivity index is 2.90. The Morgan fingerprint density at radius 1 is 1.56 bits per heavy atom. The first-order chi connectivity index (χ1) is 4.11. The largest absolute Gasteiger partial charge is 0.189 e. The Kier molecular flexibility index (Phi) is 1.69. The molecular weight excluding hydrogens is 231 g/mol. The van der Waals surface area contributed by atoms with Gasteiger partial charge in [-0.1, -0.05) is 27.8 Å². The zero-order valence-electron chi connectivity index (χ0n) is 5.22. The van der Waals surface area contributed by atoms with Crippen LogP contribution in [0, 0.1) is 0 Å². The van der Waals surface area contributed by atoms with Crippen molar-refractivity contribution in [3.05, 3.63) is 5.82 Å². The summed E-state index contributed by atoms with van der Waals surface area (Å²) in [6.07, 6.45) is 0. The van der Waals surface area contributed by atoms with Gasteiger partial charge in [0.15, 0.2) is 5.82 Å². The summed E-state index contributed by atoms with van der Waals surface area (Å²) in [5.41, 5.74) is 0. The molecule has 0 atom stereocenters. The number of aromatic amines is 1. The first-order valence-electron chi connectivity index (χ1n) is 2.53. The lowest BCUT2D eigenvalue weighted by Gasteiger charge is -2.07. The summed E-state index contributed by atoms with van der Waals surface area (Å²) >= 11 is 2.25. The molecule has 0 fully saturated rings. The van der Waals surface area contributed by atoms with E-state index in [4.69, 9.17) is 0 Å². The molecule has 5 heteroatoms. The number of H-pyrrole nitrogens is 1. The van der Waals surface area contributed by atoms with Crippen LogP contribution in [0.5, 0.6) is 0 Å². The molecule has 1 aromatic heterocycles. The molecule has 0 unspecified atom stereocenters. The Morgan fingerprint density at radius 3 is 2.44 bits per heavy atom. The highest BCUT2D eigenvalue weighted by molar-refractivity contribution is 14.1. The average Bonchev–Trinajstić information content (AvgIpc) is 2.08. The summed E-state index contributed by atoms with van der Waals surface area (Å²) in [5.74, 6) is 0.739. The van der Waals surface area contributed by atoms with Crippen molar-refractivity contribution in [3.8, 4) is 0 Å². The molecule has 1 heterocycles. The fourth-order valence-electron chi connectivity index (χ4n) is 0.414. The second kappa shape index (κ2) is 2.20. The highest BCUT2D eigenvalue weighted by Crippen LogP contribution is 2.25. The number of nitrogens with zero attached hydrogens (tertiary/aromatic N) is 3. The van der Waals surface area contributed by atoms with Crippen molar-refractivity contribution in [2.24, 2.45) is 0 Å². The molecule has 0 spiro atoms. The maximum absolute atomic E-state index is 3.83. The molecule has 0 aliphatic carbocycles. The SMILES string of the molecule is CC(C)(I)c1nn[nH]n1. The second-order valence-corrected chi connectivity index (χ2v) is 4.90.